The van der Waals surface area contributed by atoms with Crippen molar-refractivity contribution >= 4 is 49.4 Å². The van der Waals surface area contributed by atoms with E-state index in [1.165, 1.54) is 99.5 Å². The Labute approximate surface area is 294 Å². The Morgan fingerprint density at radius 2 is 0.980 bits per heavy atom. The van der Waals surface area contributed by atoms with Gasteiger partial charge in [0.05, 0.1) is 0 Å². The maximum Gasteiger partial charge on any atom is 0.0468 e. The highest BCUT2D eigenvalue weighted by atomic mass is 15.1. The van der Waals surface area contributed by atoms with Crippen molar-refractivity contribution in [2.45, 2.75) is 45.4 Å². The highest BCUT2D eigenvalue weighted by Gasteiger charge is 2.39. The van der Waals surface area contributed by atoms with Gasteiger partial charge in [-0.05, 0) is 126 Å². The molecule has 10 rings (SSSR count). The van der Waals surface area contributed by atoms with Gasteiger partial charge in [-0.15, -0.1) is 0 Å². The van der Waals surface area contributed by atoms with Crippen LogP contribution in [-0.2, 0) is 10.8 Å². The molecule has 0 aliphatic heterocycles. The minimum Gasteiger partial charge on any atom is -0.310 e. The number of benzene rings is 8. The Hall–Kier alpha value is -5.66. The van der Waals surface area contributed by atoms with Crippen molar-refractivity contribution < 1.29 is 0 Å². The van der Waals surface area contributed by atoms with E-state index >= 15 is 0 Å². The Morgan fingerprint density at radius 1 is 0.400 bits per heavy atom. The van der Waals surface area contributed by atoms with Crippen LogP contribution in [0.4, 0.5) is 17.1 Å². The molecule has 0 heterocycles. The van der Waals surface area contributed by atoms with Crippen LogP contribution in [-0.4, -0.2) is 0 Å². The maximum atomic E-state index is 2.45. The first-order valence-corrected chi connectivity index (χ1v) is 17.9. The minimum absolute atomic E-state index is 0.113. The number of fused-ring (bicyclic) bond motifs is 12. The van der Waals surface area contributed by atoms with Crippen LogP contribution in [0.1, 0.15) is 55.5 Å². The van der Waals surface area contributed by atoms with Gasteiger partial charge in [-0.25, -0.2) is 0 Å². The predicted molar refractivity (Wildman–Crippen MR) is 214 cm³/mol. The van der Waals surface area contributed by atoms with Crippen LogP contribution in [0.2, 0.25) is 0 Å². The van der Waals surface area contributed by atoms with Crippen molar-refractivity contribution in [1.82, 2.24) is 0 Å². The first-order valence-electron chi connectivity index (χ1n) is 17.9. The van der Waals surface area contributed by atoms with E-state index in [9.17, 15) is 0 Å². The monoisotopic (exact) mass is 641 g/mol. The van der Waals surface area contributed by atoms with Gasteiger partial charge in [0.25, 0.3) is 0 Å². The summed E-state index contributed by atoms with van der Waals surface area (Å²) < 4.78 is 0. The second kappa shape index (κ2) is 10.2. The molecular weight excluding hydrogens is 603 g/mol. The molecule has 0 amide bonds. The summed E-state index contributed by atoms with van der Waals surface area (Å²) in [5, 5.41) is 7.89. The number of nitrogens with zero attached hydrogens (tertiary/aromatic N) is 1. The van der Waals surface area contributed by atoms with Crippen LogP contribution in [0, 0.1) is 6.92 Å². The summed E-state index contributed by atoms with van der Waals surface area (Å²) in [6, 6.07) is 54.8. The molecule has 8 aromatic rings. The molecule has 0 spiro atoms. The van der Waals surface area contributed by atoms with E-state index in [-0.39, 0.29) is 10.8 Å². The summed E-state index contributed by atoms with van der Waals surface area (Å²) in [6.07, 6.45) is 0. The zero-order chi connectivity index (χ0) is 33.9. The smallest absolute Gasteiger partial charge is 0.0468 e. The molecule has 0 bridgehead atoms. The van der Waals surface area contributed by atoms with Gasteiger partial charge in [0, 0.05) is 27.9 Å². The van der Waals surface area contributed by atoms with E-state index < -0.39 is 0 Å². The predicted octanol–water partition coefficient (Wildman–Crippen LogP) is 13.5. The van der Waals surface area contributed by atoms with Gasteiger partial charge in [-0.1, -0.05) is 137 Å². The summed E-state index contributed by atoms with van der Waals surface area (Å²) >= 11 is 0. The van der Waals surface area contributed by atoms with Gasteiger partial charge in [0.15, 0.2) is 0 Å². The maximum absolute atomic E-state index is 2.45. The molecule has 0 aromatic heterocycles. The molecule has 0 atom stereocenters. The molecular formula is C49H39N. The fourth-order valence-corrected chi connectivity index (χ4v) is 9.50. The molecule has 0 N–H and O–H groups in total. The number of hydrogen-bond donors (Lipinski definition) is 0. The van der Waals surface area contributed by atoms with Crippen LogP contribution < -0.4 is 4.90 Å². The van der Waals surface area contributed by atoms with Crippen molar-refractivity contribution in [1.29, 1.82) is 0 Å². The zero-order valence-corrected chi connectivity index (χ0v) is 29.3. The lowest BCUT2D eigenvalue weighted by molar-refractivity contribution is 0.661. The van der Waals surface area contributed by atoms with Crippen molar-refractivity contribution in [2.75, 3.05) is 4.90 Å². The molecule has 2 aliphatic rings. The van der Waals surface area contributed by atoms with E-state index in [2.05, 4.69) is 185 Å². The average Bonchev–Trinajstić information content (AvgIpc) is 3.51. The molecule has 240 valence electrons. The summed E-state index contributed by atoms with van der Waals surface area (Å²) in [5.41, 5.74) is 15.6. The third kappa shape index (κ3) is 3.95. The fourth-order valence-electron chi connectivity index (χ4n) is 9.50. The standard InChI is InChI=1S/C49H39N/c1-30-11-10-14-34(27-30)50(36-21-25-42-44(29-36)48(2,3)43-26-19-31-12-6-8-15-37(31)45(42)43)35-20-24-39-33(28-35)18-23-41-40-22-17-32-13-7-9-16-38(32)46(40)49(4,5)47(39)41/h6-29H,1-5H3. The van der Waals surface area contributed by atoms with E-state index in [0.29, 0.717) is 0 Å². The lowest BCUT2D eigenvalue weighted by Gasteiger charge is -2.29. The van der Waals surface area contributed by atoms with Crippen molar-refractivity contribution in [2.24, 2.45) is 0 Å². The molecule has 1 heteroatoms. The average molecular weight is 642 g/mol. The minimum atomic E-state index is -0.118. The van der Waals surface area contributed by atoms with Gasteiger partial charge in [0.2, 0.25) is 0 Å². The van der Waals surface area contributed by atoms with Crippen molar-refractivity contribution in [3.63, 3.8) is 0 Å². The number of rotatable bonds is 3. The Balaban J connectivity index is 1.15. The van der Waals surface area contributed by atoms with E-state index in [0.717, 1.165) is 0 Å². The second-order valence-electron chi connectivity index (χ2n) is 15.5. The molecule has 1 nitrogen and oxygen atoms in total. The third-order valence-electron chi connectivity index (χ3n) is 11.8. The van der Waals surface area contributed by atoms with Crippen LogP contribution in [0.25, 0.3) is 54.6 Å². The SMILES string of the molecule is Cc1cccc(N(c2ccc3c(c2)C(C)(C)c2ccc4ccccc4c2-3)c2ccc3c4c(ccc3c2)-c2ccc3ccccc3c2C4(C)C)c1. The fraction of sp³-hybridized carbons (Fsp3) is 0.143. The lowest BCUT2D eigenvalue weighted by Crippen LogP contribution is -2.17. The van der Waals surface area contributed by atoms with Gasteiger partial charge in [-0.3, -0.25) is 0 Å². The molecule has 50 heavy (non-hydrogen) atoms. The molecule has 8 aromatic carbocycles. The zero-order valence-electron chi connectivity index (χ0n) is 29.3. The molecule has 0 fully saturated rings. The first-order chi connectivity index (χ1) is 24.2. The quantitative estimate of drug-likeness (QED) is 0.186. The highest BCUT2D eigenvalue weighted by Crippen LogP contribution is 2.55. The van der Waals surface area contributed by atoms with E-state index in [1.54, 1.807) is 0 Å². The lowest BCUT2D eigenvalue weighted by atomic mass is 9.78. The summed E-state index contributed by atoms with van der Waals surface area (Å²) in [5.74, 6) is 0. The Kier molecular flexibility index (Phi) is 5.96. The van der Waals surface area contributed by atoms with Crippen LogP contribution >= 0.6 is 0 Å². The Morgan fingerprint density at radius 3 is 1.74 bits per heavy atom. The largest absolute Gasteiger partial charge is 0.310 e. The normalized spacial score (nSPS) is 14.8. The highest BCUT2D eigenvalue weighted by molar-refractivity contribution is 6.05. The Bertz CT molecular complexity index is 2730. The van der Waals surface area contributed by atoms with Crippen LogP contribution in [0.5, 0.6) is 0 Å². The summed E-state index contributed by atoms with van der Waals surface area (Å²) in [6.45, 7) is 11.8. The topological polar surface area (TPSA) is 3.24 Å². The molecule has 0 unspecified atom stereocenters. The van der Waals surface area contributed by atoms with Gasteiger partial charge in [-0.2, -0.15) is 0 Å². The van der Waals surface area contributed by atoms with Crippen molar-refractivity contribution in [3.8, 4) is 22.3 Å². The van der Waals surface area contributed by atoms with Gasteiger partial charge in [0.1, 0.15) is 0 Å². The summed E-state index contributed by atoms with van der Waals surface area (Å²) in [7, 11) is 0. The number of aryl methyl sites for hydroxylation is 1. The number of anilines is 3. The second-order valence-corrected chi connectivity index (χ2v) is 15.5. The van der Waals surface area contributed by atoms with Crippen LogP contribution in [0.15, 0.2) is 146 Å². The third-order valence-corrected chi connectivity index (χ3v) is 11.8. The molecule has 2 aliphatic carbocycles. The summed E-state index contributed by atoms with van der Waals surface area (Å²) in [4.78, 5) is 2.45. The first kappa shape index (κ1) is 29.3. The van der Waals surface area contributed by atoms with E-state index in [1.807, 2.05) is 0 Å². The molecule has 0 saturated carbocycles. The molecule has 0 saturated heterocycles. The van der Waals surface area contributed by atoms with Gasteiger partial charge >= 0.3 is 0 Å². The van der Waals surface area contributed by atoms with E-state index in [4.69, 9.17) is 0 Å². The van der Waals surface area contributed by atoms with Crippen LogP contribution in [0.3, 0.4) is 0 Å². The van der Waals surface area contributed by atoms with Crippen molar-refractivity contribution in [3.05, 3.63) is 173 Å². The molecule has 0 radical (unpaired) electrons. The number of hydrogen-bond acceptors (Lipinski definition) is 1. The van der Waals surface area contributed by atoms with Gasteiger partial charge < -0.3 is 4.90 Å².